The maximum Gasteiger partial charge on any atom is 0.405 e. The molecule has 278 valence electrons. The number of fused-ring (bicyclic) bond motifs is 1. The van der Waals surface area contributed by atoms with Crippen LogP contribution in [0.4, 0.5) is 4.79 Å². The molecule has 5 atom stereocenters. The van der Waals surface area contributed by atoms with Crippen LogP contribution < -0.4 is 24.8 Å². The third-order valence-electron chi connectivity index (χ3n) is 10.7. The molecule has 0 bridgehead atoms. The summed E-state index contributed by atoms with van der Waals surface area (Å²) >= 11 is 0. The zero-order valence-corrected chi connectivity index (χ0v) is 30.2. The number of nitrogens with zero attached hydrogens (tertiary/aromatic N) is 3. The molecule has 4 N–H and O–H groups in total. The van der Waals surface area contributed by atoms with Gasteiger partial charge in [0.15, 0.2) is 0 Å². The van der Waals surface area contributed by atoms with Gasteiger partial charge in [-0.15, -0.1) is 0 Å². The van der Waals surface area contributed by atoms with Crippen molar-refractivity contribution in [2.45, 2.75) is 107 Å². The van der Waals surface area contributed by atoms with E-state index in [0.29, 0.717) is 48.2 Å². The van der Waals surface area contributed by atoms with Gasteiger partial charge in [0.05, 0.1) is 29.9 Å². The fraction of sp³-hybridized carbons (Fsp3) is 0.657. The van der Waals surface area contributed by atoms with E-state index in [0.717, 1.165) is 25.2 Å². The summed E-state index contributed by atoms with van der Waals surface area (Å²) in [6.07, 6.45) is 7.10. The molecule has 1 aliphatic heterocycles. The second kappa shape index (κ2) is 14.8. The largest absolute Gasteiger partial charge is 0.497 e. The van der Waals surface area contributed by atoms with Gasteiger partial charge in [0.25, 0.3) is 5.91 Å². The Balaban J connectivity index is 1.24. The minimum atomic E-state index is -3.87. The third-order valence-corrected chi connectivity index (χ3v) is 12.5. The van der Waals surface area contributed by atoms with Crippen LogP contribution in [0.2, 0.25) is 0 Å². The summed E-state index contributed by atoms with van der Waals surface area (Å²) in [5.41, 5.74) is 0.428. The van der Waals surface area contributed by atoms with Crippen LogP contribution in [0.5, 0.6) is 11.6 Å². The normalized spacial score (nSPS) is 25.7. The van der Waals surface area contributed by atoms with Gasteiger partial charge in [0, 0.05) is 12.0 Å². The van der Waals surface area contributed by atoms with Gasteiger partial charge in [-0.3, -0.25) is 19.1 Å². The molecular weight excluding hydrogens is 680 g/mol. The SMILES string of the molecule is CC[C@@H]1C[C@]1(NC(=O)[C@@H]1[C@H](C)[C@@H](Oc2nc3cc(OC)ccc3nc2CCCCCC2CC2)CN1C(=O)CNC(=O)O)C(=O)NS(=O)(=O)C1CC1. The Morgan fingerprint density at radius 1 is 1.06 bits per heavy atom. The van der Waals surface area contributed by atoms with Crippen molar-refractivity contribution >= 4 is 44.9 Å². The predicted molar refractivity (Wildman–Crippen MR) is 185 cm³/mol. The lowest BCUT2D eigenvalue weighted by molar-refractivity contribution is -0.140. The zero-order valence-electron chi connectivity index (χ0n) is 29.4. The minimum absolute atomic E-state index is 0.0650. The molecule has 0 spiro atoms. The number of likely N-dealkylation sites (tertiary alicyclic amines) is 1. The second-order valence-electron chi connectivity index (χ2n) is 14.5. The Morgan fingerprint density at radius 2 is 1.82 bits per heavy atom. The number of hydrogen-bond acceptors (Lipinski definition) is 10. The Morgan fingerprint density at radius 3 is 2.47 bits per heavy atom. The van der Waals surface area contributed by atoms with Gasteiger partial charge in [0.1, 0.15) is 35.7 Å². The molecule has 2 heterocycles. The summed E-state index contributed by atoms with van der Waals surface area (Å²) in [7, 11) is -2.31. The van der Waals surface area contributed by atoms with E-state index in [1.54, 1.807) is 20.1 Å². The standard InChI is InChI=1S/C35H48N6O9S/c1-4-22-17-35(22,33(44)40-51(47,48)24-13-14-24)39-31(43)30-20(2)28(19-41(30)29(42)18-36-34(45)46)50-32-26(9-7-5-6-8-21-10-11-21)37-25-15-12-23(49-3)16-27(25)38-32/h12,15-16,20-22,24,28,30,36H,4-11,13-14,17-19H2,1-3H3,(H,39,43)(H,40,44)(H,45,46)/t20-,22-,28+,30+,35-/m1/s1. The van der Waals surface area contributed by atoms with Crippen molar-refractivity contribution in [1.29, 1.82) is 0 Å². The fourth-order valence-corrected chi connectivity index (χ4v) is 8.54. The lowest BCUT2D eigenvalue weighted by Crippen LogP contribution is -2.58. The Hall–Kier alpha value is -4.21. The zero-order chi connectivity index (χ0) is 36.5. The van der Waals surface area contributed by atoms with Gasteiger partial charge >= 0.3 is 6.09 Å². The van der Waals surface area contributed by atoms with E-state index in [1.807, 2.05) is 19.1 Å². The van der Waals surface area contributed by atoms with E-state index < -0.39 is 69.2 Å². The van der Waals surface area contributed by atoms with Crippen LogP contribution in [0.3, 0.4) is 0 Å². The van der Waals surface area contributed by atoms with E-state index >= 15 is 0 Å². The minimum Gasteiger partial charge on any atom is -0.497 e. The van der Waals surface area contributed by atoms with Crippen LogP contribution in [0.25, 0.3) is 11.0 Å². The van der Waals surface area contributed by atoms with Crippen molar-refractivity contribution in [2.75, 3.05) is 20.2 Å². The average molecular weight is 729 g/mol. The van der Waals surface area contributed by atoms with Crippen LogP contribution in [0.15, 0.2) is 18.2 Å². The summed E-state index contributed by atoms with van der Waals surface area (Å²) in [5, 5.41) is 13.4. The van der Waals surface area contributed by atoms with Crippen molar-refractivity contribution in [1.82, 2.24) is 30.2 Å². The molecule has 3 saturated carbocycles. The number of methoxy groups -OCH3 is 1. The van der Waals surface area contributed by atoms with Gasteiger partial charge < -0.3 is 30.1 Å². The number of carboxylic acid groups (broad SMARTS) is 1. The molecule has 4 aliphatic rings. The highest BCUT2D eigenvalue weighted by Gasteiger charge is 2.62. The molecule has 1 aromatic carbocycles. The molecule has 51 heavy (non-hydrogen) atoms. The summed E-state index contributed by atoms with van der Waals surface area (Å²) in [6, 6.07) is 4.24. The van der Waals surface area contributed by atoms with E-state index in [1.165, 1.54) is 24.2 Å². The molecule has 2 aromatic rings. The van der Waals surface area contributed by atoms with Crippen molar-refractivity contribution in [3.05, 3.63) is 23.9 Å². The van der Waals surface area contributed by atoms with Crippen LogP contribution in [0.1, 0.15) is 83.7 Å². The van der Waals surface area contributed by atoms with Gasteiger partial charge in [-0.2, -0.15) is 0 Å². The number of benzene rings is 1. The number of nitrogens with one attached hydrogen (secondary N) is 3. The van der Waals surface area contributed by atoms with E-state index in [9.17, 15) is 32.7 Å². The molecule has 3 aliphatic carbocycles. The number of sulfonamides is 1. The molecule has 4 amide bonds. The van der Waals surface area contributed by atoms with Gasteiger partial charge in [-0.1, -0.05) is 52.4 Å². The molecule has 16 heteroatoms. The summed E-state index contributed by atoms with van der Waals surface area (Å²) in [4.78, 5) is 63.2. The number of hydrogen-bond donors (Lipinski definition) is 4. The monoisotopic (exact) mass is 728 g/mol. The first-order valence-electron chi connectivity index (χ1n) is 18.0. The van der Waals surface area contributed by atoms with E-state index in [4.69, 9.17) is 19.4 Å². The molecule has 4 fully saturated rings. The summed E-state index contributed by atoms with van der Waals surface area (Å²) < 4.78 is 39.4. The lowest BCUT2D eigenvalue weighted by atomic mass is 9.98. The number of aryl methyl sites for hydroxylation is 1. The fourth-order valence-electron chi connectivity index (χ4n) is 7.17. The van der Waals surface area contributed by atoms with Crippen molar-refractivity contribution in [3.8, 4) is 11.6 Å². The van der Waals surface area contributed by atoms with Crippen molar-refractivity contribution < 1.29 is 42.2 Å². The van der Waals surface area contributed by atoms with E-state index in [-0.39, 0.29) is 24.8 Å². The topological polar surface area (TPSA) is 206 Å². The van der Waals surface area contributed by atoms with Crippen LogP contribution in [-0.4, -0.2) is 95.3 Å². The Labute approximate surface area is 297 Å². The third kappa shape index (κ3) is 8.31. The van der Waals surface area contributed by atoms with Crippen molar-refractivity contribution in [3.63, 3.8) is 0 Å². The summed E-state index contributed by atoms with van der Waals surface area (Å²) in [5.74, 6) is -1.30. The molecule has 6 rings (SSSR count). The van der Waals surface area contributed by atoms with E-state index in [2.05, 4.69) is 15.4 Å². The maximum absolute atomic E-state index is 14.1. The first-order chi connectivity index (χ1) is 24.3. The lowest BCUT2D eigenvalue weighted by Gasteiger charge is -2.28. The predicted octanol–water partition coefficient (Wildman–Crippen LogP) is 2.91. The molecule has 1 saturated heterocycles. The first kappa shape index (κ1) is 36.6. The maximum atomic E-state index is 14.1. The van der Waals surface area contributed by atoms with Crippen LogP contribution >= 0.6 is 0 Å². The highest BCUT2D eigenvalue weighted by Crippen LogP contribution is 2.47. The molecule has 1 aromatic heterocycles. The quantitative estimate of drug-likeness (QED) is 0.174. The number of ether oxygens (including phenoxy) is 2. The highest BCUT2D eigenvalue weighted by molar-refractivity contribution is 7.91. The number of carbonyl (C=O) groups excluding carboxylic acids is 3. The van der Waals surface area contributed by atoms with Crippen LogP contribution in [-0.2, 0) is 30.8 Å². The average Bonchev–Trinajstić information content (AvgIpc) is 3.97. The number of aromatic nitrogens is 2. The molecule has 0 unspecified atom stereocenters. The smallest absolute Gasteiger partial charge is 0.405 e. The number of unbranched alkanes of at least 4 members (excludes halogenated alkanes) is 2. The number of carbonyl (C=O) groups is 4. The molecule has 15 nitrogen and oxygen atoms in total. The van der Waals surface area contributed by atoms with Gasteiger partial charge in [-0.05, 0) is 56.1 Å². The Kier molecular flexibility index (Phi) is 10.6. The summed E-state index contributed by atoms with van der Waals surface area (Å²) in [6.45, 7) is 2.95. The highest BCUT2D eigenvalue weighted by atomic mass is 32.2. The second-order valence-corrected chi connectivity index (χ2v) is 16.4. The van der Waals surface area contributed by atoms with Gasteiger partial charge in [0.2, 0.25) is 27.7 Å². The number of rotatable bonds is 17. The molecule has 0 radical (unpaired) electrons. The first-order valence-corrected chi connectivity index (χ1v) is 19.6. The Bertz CT molecular complexity index is 1780. The number of amides is 4. The molecular formula is C35H48N6O9S. The van der Waals surface area contributed by atoms with Gasteiger partial charge in [-0.25, -0.2) is 23.2 Å². The van der Waals surface area contributed by atoms with Crippen molar-refractivity contribution in [2.24, 2.45) is 17.8 Å². The van der Waals surface area contributed by atoms with Crippen LogP contribution in [0, 0.1) is 17.8 Å².